The summed E-state index contributed by atoms with van der Waals surface area (Å²) in [6.07, 6.45) is 0.977. The highest BCUT2D eigenvalue weighted by atomic mass is 16.7. The standard InChI is InChI=1S/C18H21NO4/c1-20-15-5-3-13(9-17(15)21-2)7-8-19-11-14-4-6-16-18(10-14)23-12-22-16/h3-6,9-10,19H,7-8,11-12H2,1-2H3/p+1. The number of hydrogen-bond acceptors (Lipinski definition) is 4. The molecule has 1 aliphatic rings. The number of fused-ring (bicyclic) bond motifs is 1. The lowest BCUT2D eigenvalue weighted by Crippen LogP contribution is -2.83. The first-order valence-corrected chi connectivity index (χ1v) is 7.71. The Labute approximate surface area is 136 Å². The van der Waals surface area contributed by atoms with Crippen LogP contribution in [0.3, 0.4) is 0 Å². The SMILES string of the molecule is COc1ccc(CC[NH2+]Cc2ccc3c(c2)OCO3)cc1OC. The molecule has 0 unspecified atom stereocenters. The lowest BCUT2D eigenvalue weighted by molar-refractivity contribution is -0.670. The topological polar surface area (TPSA) is 53.5 Å². The number of nitrogens with two attached hydrogens (primary N) is 1. The van der Waals surface area contributed by atoms with Gasteiger partial charge in [0.2, 0.25) is 6.79 Å². The van der Waals surface area contributed by atoms with E-state index in [2.05, 4.69) is 23.5 Å². The maximum Gasteiger partial charge on any atom is 0.231 e. The van der Waals surface area contributed by atoms with Crippen LogP contribution < -0.4 is 24.3 Å². The third-order valence-corrected chi connectivity index (χ3v) is 3.90. The summed E-state index contributed by atoms with van der Waals surface area (Å²) >= 11 is 0. The summed E-state index contributed by atoms with van der Waals surface area (Å²) in [6, 6.07) is 12.2. The molecule has 0 atom stereocenters. The first-order valence-electron chi connectivity index (χ1n) is 7.71. The van der Waals surface area contributed by atoms with Gasteiger partial charge < -0.3 is 24.3 Å². The largest absolute Gasteiger partial charge is 0.493 e. The highest BCUT2D eigenvalue weighted by molar-refractivity contribution is 5.44. The zero-order valence-corrected chi connectivity index (χ0v) is 13.5. The average molecular weight is 316 g/mol. The number of hydrogen-bond donors (Lipinski definition) is 1. The van der Waals surface area contributed by atoms with Crippen molar-refractivity contribution in [2.45, 2.75) is 13.0 Å². The molecule has 2 aromatic rings. The Kier molecular flexibility index (Phi) is 4.88. The van der Waals surface area contributed by atoms with Crippen LogP contribution in [0, 0.1) is 0 Å². The fraction of sp³-hybridized carbons (Fsp3) is 0.333. The molecule has 5 nitrogen and oxygen atoms in total. The Hall–Kier alpha value is -2.40. The van der Waals surface area contributed by atoms with E-state index in [0.717, 1.165) is 42.5 Å². The van der Waals surface area contributed by atoms with Crippen LogP contribution in [0.15, 0.2) is 36.4 Å². The van der Waals surface area contributed by atoms with E-state index in [1.807, 2.05) is 18.2 Å². The lowest BCUT2D eigenvalue weighted by atomic mass is 10.1. The molecule has 2 aromatic carbocycles. The zero-order chi connectivity index (χ0) is 16.1. The van der Waals surface area contributed by atoms with Gasteiger partial charge in [0, 0.05) is 12.0 Å². The number of quaternary nitrogens is 1. The summed E-state index contributed by atoms with van der Waals surface area (Å²) in [7, 11) is 3.31. The molecule has 0 aromatic heterocycles. The molecule has 122 valence electrons. The van der Waals surface area contributed by atoms with Crippen LogP contribution >= 0.6 is 0 Å². The van der Waals surface area contributed by atoms with E-state index in [4.69, 9.17) is 18.9 Å². The van der Waals surface area contributed by atoms with Crippen LogP contribution in [0.2, 0.25) is 0 Å². The number of ether oxygens (including phenoxy) is 4. The molecule has 1 heterocycles. The molecule has 2 N–H and O–H groups in total. The summed E-state index contributed by atoms with van der Waals surface area (Å²) in [5.41, 5.74) is 2.48. The molecule has 0 radical (unpaired) electrons. The Morgan fingerprint density at radius 2 is 1.70 bits per heavy atom. The van der Waals surface area contributed by atoms with Crippen LogP contribution in [0.4, 0.5) is 0 Å². The van der Waals surface area contributed by atoms with Gasteiger partial charge in [-0.15, -0.1) is 0 Å². The van der Waals surface area contributed by atoms with Crippen LogP contribution in [0.1, 0.15) is 11.1 Å². The zero-order valence-electron chi connectivity index (χ0n) is 13.5. The summed E-state index contributed by atoms with van der Waals surface area (Å²) in [5.74, 6) is 3.22. The smallest absolute Gasteiger partial charge is 0.231 e. The van der Waals surface area contributed by atoms with Gasteiger partial charge in [-0.2, -0.15) is 0 Å². The molecular weight excluding hydrogens is 294 g/mol. The van der Waals surface area contributed by atoms with Gasteiger partial charge in [-0.05, 0) is 35.9 Å². The highest BCUT2D eigenvalue weighted by Crippen LogP contribution is 2.32. The Morgan fingerprint density at radius 3 is 2.52 bits per heavy atom. The van der Waals surface area contributed by atoms with Gasteiger partial charge in [-0.3, -0.25) is 0 Å². The molecule has 0 fully saturated rings. The minimum Gasteiger partial charge on any atom is -0.493 e. The van der Waals surface area contributed by atoms with Crippen molar-refractivity contribution >= 4 is 0 Å². The van der Waals surface area contributed by atoms with Gasteiger partial charge in [0.05, 0.1) is 20.8 Å². The van der Waals surface area contributed by atoms with Gasteiger partial charge in [-0.1, -0.05) is 6.07 Å². The lowest BCUT2D eigenvalue weighted by Gasteiger charge is -2.09. The number of methoxy groups -OCH3 is 2. The predicted molar refractivity (Wildman–Crippen MR) is 86.3 cm³/mol. The van der Waals surface area contributed by atoms with Crippen molar-refractivity contribution in [1.29, 1.82) is 0 Å². The van der Waals surface area contributed by atoms with E-state index in [1.54, 1.807) is 14.2 Å². The van der Waals surface area contributed by atoms with Crippen molar-refractivity contribution < 1.29 is 24.3 Å². The maximum atomic E-state index is 5.40. The first-order chi connectivity index (χ1) is 11.3. The Morgan fingerprint density at radius 1 is 0.913 bits per heavy atom. The second-order valence-electron chi connectivity index (χ2n) is 5.41. The molecule has 0 spiro atoms. The summed E-state index contributed by atoms with van der Waals surface area (Å²) in [4.78, 5) is 0. The molecule has 23 heavy (non-hydrogen) atoms. The van der Waals surface area contributed by atoms with Gasteiger partial charge in [0.25, 0.3) is 0 Å². The number of benzene rings is 2. The van der Waals surface area contributed by atoms with Crippen molar-refractivity contribution in [3.8, 4) is 23.0 Å². The molecule has 0 saturated heterocycles. The molecular formula is C18H22NO4+. The third kappa shape index (κ3) is 3.68. The van der Waals surface area contributed by atoms with Crippen LogP contribution in [0.5, 0.6) is 23.0 Å². The summed E-state index contributed by atoms with van der Waals surface area (Å²) in [6.45, 7) is 2.25. The molecule has 1 aliphatic heterocycles. The predicted octanol–water partition coefficient (Wildman–Crippen LogP) is 1.74. The fourth-order valence-electron chi connectivity index (χ4n) is 2.64. The monoisotopic (exact) mass is 316 g/mol. The van der Waals surface area contributed by atoms with E-state index in [0.29, 0.717) is 6.79 Å². The second kappa shape index (κ2) is 7.24. The molecule has 3 rings (SSSR count). The molecule has 5 heteroatoms. The van der Waals surface area contributed by atoms with Crippen LogP contribution in [0.25, 0.3) is 0 Å². The van der Waals surface area contributed by atoms with Crippen LogP contribution in [-0.4, -0.2) is 27.6 Å². The molecule has 0 bridgehead atoms. The highest BCUT2D eigenvalue weighted by Gasteiger charge is 2.13. The Balaban J connectivity index is 1.50. The summed E-state index contributed by atoms with van der Waals surface area (Å²) in [5, 5.41) is 2.29. The van der Waals surface area contributed by atoms with Crippen molar-refractivity contribution in [3.05, 3.63) is 47.5 Å². The van der Waals surface area contributed by atoms with E-state index >= 15 is 0 Å². The van der Waals surface area contributed by atoms with E-state index in [9.17, 15) is 0 Å². The second-order valence-corrected chi connectivity index (χ2v) is 5.41. The molecule has 0 saturated carbocycles. The Bertz CT molecular complexity index is 672. The molecule has 0 amide bonds. The quantitative estimate of drug-likeness (QED) is 0.791. The van der Waals surface area contributed by atoms with Gasteiger partial charge in [0.15, 0.2) is 23.0 Å². The number of rotatable bonds is 7. The van der Waals surface area contributed by atoms with Crippen molar-refractivity contribution in [1.82, 2.24) is 0 Å². The van der Waals surface area contributed by atoms with Gasteiger partial charge in [-0.25, -0.2) is 0 Å². The maximum absolute atomic E-state index is 5.40. The third-order valence-electron chi connectivity index (χ3n) is 3.90. The van der Waals surface area contributed by atoms with Crippen molar-refractivity contribution in [2.75, 3.05) is 27.6 Å². The molecule has 0 aliphatic carbocycles. The normalized spacial score (nSPS) is 12.3. The van der Waals surface area contributed by atoms with Crippen molar-refractivity contribution in [2.24, 2.45) is 0 Å². The van der Waals surface area contributed by atoms with E-state index < -0.39 is 0 Å². The minimum atomic E-state index is 0.321. The van der Waals surface area contributed by atoms with Gasteiger partial charge >= 0.3 is 0 Å². The first kappa shape index (κ1) is 15.5. The minimum absolute atomic E-state index is 0.321. The van der Waals surface area contributed by atoms with E-state index in [1.165, 1.54) is 11.1 Å². The van der Waals surface area contributed by atoms with Crippen molar-refractivity contribution in [3.63, 3.8) is 0 Å². The average Bonchev–Trinajstić information content (AvgIpc) is 3.06. The van der Waals surface area contributed by atoms with E-state index in [-0.39, 0.29) is 0 Å². The fourth-order valence-corrected chi connectivity index (χ4v) is 2.64. The van der Waals surface area contributed by atoms with Gasteiger partial charge in [0.1, 0.15) is 6.54 Å². The van der Waals surface area contributed by atoms with Crippen LogP contribution in [-0.2, 0) is 13.0 Å². The summed E-state index contributed by atoms with van der Waals surface area (Å²) < 4.78 is 21.3.